The summed E-state index contributed by atoms with van der Waals surface area (Å²) in [5.74, 6) is 1.30. The van der Waals surface area contributed by atoms with Gasteiger partial charge in [-0.15, -0.1) is 0 Å². The average Bonchev–Trinajstić information content (AvgIpc) is 3.26. The number of carbonyl (C=O) groups excluding carboxylic acids is 1. The van der Waals surface area contributed by atoms with Gasteiger partial charge in [0.2, 0.25) is 0 Å². The van der Waals surface area contributed by atoms with Crippen LogP contribution in [0.25, 0.3) is 0 Å². The molecule has 2 aliphatic rings. The fourth-order valence-corrected chi connectivity index (χ4v) is 5.05. The van der Waals surface area contributed by atoms with E-state index in [0.717, 1.165) is 68.2 Å². The van der Waals surface area contributed by atoms with Crippen LogP contribution in [0.4, 0.5) is 5.69 Å². The Hall–Kier alpha value is -1.82. The quantitative estimate of drug-likeness (QED) is 0.662. The lowest BCUT2D eigenvalue weighted by molar-refractivity contribution is 0.0772. The molecule has 2 fully saturated rings. The minimum absolute atomic E-state index is 0.143. The topological polar surface area (TPSA) is 48.5 Å². The number of hydrogen-bond acceptors (Lipinski definition) is 4. The molecule has 2 aromatic rings. The number of carbonyl (C=O) groups is 1. The van der Waals surface area contributed by atoms with Gasteiger partial charge in [0, 0.05) is 44.6 Å². The van der Waals surface area contributed by atoms with E-state index in [4.69, 9.17) is 23.2 Å². The van der Waals surface area contributed by atoms with Crippen LogP contribution in [-0.2, 0) is 0 Å². The zero-order valence-corrected chi connectivity index (χ0v) is 19.0. The summed E-state index contributed by atoms with van der Waals surface area (Å²) in [6.07, 6.45) is 2.84. The Bertz CT molecular complexity index is 901. The first-order valence-corrected chi connectivity index (χ1v) is 11.3. The maximum Gasteiger partial charge on any atom is 0.255 e. The van der Waals surface area contributed by atoms with E-state index in [-0.39, 0.29) is 5.91 Å². The molecule has 1 N–H and O–H groups in total. The number of likely N-dealkylation sites (tertiary alicyclic amines) is 2. The molecule has 2 saturated heterocycles. The van der Waals surface area contributed by atoms with Gasteiger partial charge in [0.25, 0.3) is 5.91 Å². The minimum atomic E-state index is 0.143. The number of fused-ring (bicyclic) bond motifs is 1. The number of aromatic nitrogens is 1. The van der Waals surface area contributed by atoms with Crippen molar-refractivity contribution in [1.29, 1.82) is 0 Å². The lowest BCUT2D eigenvalue weighted by atomic mass is 10.0. The highest BCUT2D eigenvalue weighted by molar-refractivity contribution is 6.42. The van der Waals surface area contributed by atoms with Gasteiger partial charge in [0.15, 0.2) is 0 Å². The molecule has 0 bridgehead atoms. The normalized spacial score (nSPS) is 21.1. The van der Waals surface area contributed by atoms with Crippen molar-refractivity contribution in [3.05, 3.63) is 57.3 Å². The van der Waals surface area contributed by atoms with Crippen LogP contribution in [0.3, 0.4) is 0 Å². The zero-order chi connectivity index (χ0) is 21.3. The molecule has 2 atom stereocenters. The second-order valence-electron chi connectivity index (χ2n) is 8.49. The smallest absolute Gasteiger partial charge is 0.255 e. The molecule has 0 saturated carbocycles. The molecule has 1 amide bonds. The Kier molecular flexibility index (Phi) is 6.51. The fourth-order valence-electron chi connectivity index (χ4n) is 4.76. The van der Waals surface area contributed by atoms with E-state index in [1.165, 1.54) is 0 Å². The van der Waals surface area contributed by atoms with Gasteiger partial charge in [-0.3, -0.25) is 9.78 Å². The third-order valence-electron chi connectivity index (χ3n) is 6.31. The number of nitrogens with one attached hydrogen (secondary N) is 1. The molecular weight excluding hydrogens is 419 g/mol. The van der Waals surface area contributed by atoms with Gasteiger partial charge in [0.1, 0.15) is 0 Å². The van der Waals surface area contributed by atoms with Gasteiger partial charge in [-0.25, -0.2) is 0 Å². The molecule has 2 unspecified atom stereocenters. The first-order valence-electron chi connectivity index (χ1n) is 10.5. The molecule has 0 radical (unpaired) electrons. The second-order valence-corrected chi connectivity index (χ2v) is 9.30. The number of pyridine rings is 1. The van der Waals surface area contributed by atoms with Gasteiger partial charge >= 0.3 is 0 Å². The molecule has 1 aromatic heterocycles. The first-order chi connectivity index (χ1) is 14.4. The van der Waals surface area contributed by atoms with E-state index in [9.17, 15) is 4.79 Å². The summed E-state index contributed by atoms with van der Waals surface area (Å²) >= 11 is 12.0. The van der Waals surface area contributed by atoms with E-state index in [0.29, 0.717) is 21.9 Å². The van der Waals surface area contributed by atoms with Crippen LogP contribution in [0.5, 0.6) is 0 Å². The minimum Gasteiger partial charge on any atom is -0.385 e. The van der Waals surface area contributed by atoms with Crippen molar-refractivity contribution in [2.45, 2.75) is 20.3 Å². The number of anilines is 1. The van der Waals surface area contributed by atoms with Crippen LogP contribution in [0, 0.1) is 25.7 Å². The van der Waals surface area contributed by atoms with Gasteiger partial charge < -0.3 is 15.1 Å². The SMILES string of the molecule is Cc1ccnc(C)c1C(=O)N1CC2CN(CCCNc3ccc(Cl)c(Cl)c3)CC2C1. The number of nitrogens with zero attached hydrogens (tertiary/aromatic N) is 3. The monoisotopic (exact) mass is 446 g/mol. The van der Waals surface area contributed by atoms with Crippen molar-refractivity contribution >= 4 is 34.8 Å². The van der Waals surface area contributed by atoms with Crippen LogP contribution < -0.4 is 5.32 Å². The number of hydrogen-bond donors (Lipinski definition) is 1. The van der Waals surface area contributed by atoms with E-state index in [1.54, 1.807) is 6.20 Å². The molecular formula is C23H28Cl2N4O. The van der Waals surface area contributed by atoms with Crippen LogP contribution in [0.1, 0.15) is 28.0 Å². The summed E-state index contributed by atoms with van der Waals surface area (Å²) in [6.45, 7) is 9.74. The average molecular weight is 447 g/mol. The molecule has 160 valence electrons. The maximum absolute atomic E-state index is 13.0. The van der Waals surface area contributed by atoms with Crippen LogP contribution in [0.2, 0.25) is 10.0 Å². The number of amides is 1. The molecule has 4 rings (SSSR count). The lowest BCUT2D eigenvalue weighted by Gasteiger charge is -2.23. The van der Waals surface area contributed by atoms with E-state index in [2.05, 4.69) is 15.2 Å². The molecule has 30 heavy (non-hydrogen) atoms. The summed E-state index contributed by atoms with van der Waals surface area (Å²) in [4.78, 5) is 21.9. The van der Waals surface area contributed by atoms with Crippen LogP contribution >= 0.6 is 23.2 Å². The van der Waals surface area contributed by atoms with Crippen molar-refractivity contribution < 1.29 is 4.79 Å². The Morgan fingerprint density at radius 1 is 1.10 bits per heavy atom. The Balaban J connectivity index is 1.23. The first kappa shape index (κ1) is 21.4. The fraction of sp³-hybridized carbons (Fsp3) is 0.478. The van der Waals surface area contributed by atoms with E-state index >= 15 is 0 Å². The van der Waals surface area contributed by atoms with E-state index in [1.807, 2.05) is 43.0 Å². The number of rotatable bonds is 6. The summed E-state index contributed by atoms with van der Waals surface area (Å²) in [5, 5.41) is 4.56. The van der Waals surface area contributed by atoms with Gasteiger partial charge in [-0.05, 0) is 68.5 Å². The van der Waals surface area contributed by atoms with E-state index < -0.39 is 0 Å². The molecule has 2 aliphatic heterocycles. The van der Waals surface area contributed by atoms with Crippen LogP contribution in [0.15, 0.2) is 30.5 Å². The summed E-state index contributed by atoms with van der Waals surface area (Å²) in [6, 6.07) is 7.55. The third kappa shape index (κ3) is 4.58. The standard InChI is InChI=1S/C23H28Cl2N4O/c1-15-6-8-26-16(2)22(15)23(30)29-13-17-11-28(12-18(17)14-29)9-3-7-27-19-4-5-20(24)21(25)10-19/h4-6,8,10,17-18,27H,3,7,9,11-14H2,1-2H3. The Morgan fingerprint density at radius 2 is 1.83 bits per heavy atom. The number of halogens is 2. The van der Waals surface area contributed by atoms with Crippen molar-refractivity contribution in [3.63, 3.8) is 0 Å². The molecule has 7 heteroatoms. The predicted octanol–water partition coefficient (Wildman–Crippen LogP) is 4.51. The van der Waals surface area contributed by atoms with Crippen molar-refractivity contribution in [2.24, 2.45) is 11.8 Å². The molecule has 0 aliphatic carbocycles. The van der Waals surface area contributed by atoms with Crippen molar-refractivity contribution in [3.8, 4) is 0 Å². The molecule has 1 aromatic carbocycles. The highest BCUT2D eigenvalue weighted by atomic mass is 35.5. The van der Waals surface area contributed by atoms with Gasteiger partial charge in [-0.2, -0.15) is 0 Å². The lowest BCUT2D eigenvalue weighted by Crippen LogP contribution is -2.34. The third-order valence-corrected chi connectivity index (χ3v) is 7.05. The summed E-state index contributed by atoms with van der Waals surface area (Å²) < 4.78 is 0. The largest absolute Gasteiger partial charge is 0.385 e. The predicted molar refractivity (Wildman–Crippen MR) is 123 cm³/mol. The zero-order valence-electron chi connectivity index (χ0n) is 17.5. The molecule has 0 spiro atoms. The number of aryl methyl sites for hydroxylation is 2. The van der Waals surface area contributed by atoms with Crippen molar-refractivity contribution in [2.75, 3.05) is 44.6 Å². The second kappa shape index (κ2) is 9.13. The number of benzene rings is 1. The summed E-state index contributed by atoms with van der Waals surface area (Å²) in [5.41, 5.74) is 3.62. The van der Waals surface area contributed by atoms with Crippen LogP contribution in [-0.4, -0.2) is 60.0 Å². The van der Waals surface area contributed by atoms with Crippen molar-refractivity contribution in [1.82, 2.24) is 14.8 Å². The summed E-state index contributed by atoms with van der Waals surface area (Å²) in [7, 11) is 0. The van der Waals surface area contributed by atoms with Gasteiger partial charge in [-0.1, -0.05) is 23.2 Å². The van der Waals surface area contributed by atoms with Gasteiger partial charge in [0.05, 0.1) is 21.3 Å². The molecule has 3 heterocycles. The Morgan fingerprint density at radius 3 is 2.50 bits per heavy atom. The Labute approximate surface area is 188 Å². The maximum atomic E-state index is 13.0. The highest BCUT2D eigenvalue weighted by Gasteiger charge is 2.41. The highest BCUT2D eigenvalue weighted by Crippen LogP contribution is 2.32. The molecule has 5 nitrogen and oxygen atoms in total.